The number of carbonyl (C=O) groups excluding carboxylic acids is 2. The average molecular weight is 418 g/mol. The van der Waals surface area contributed by atoms with Crippen molar-refractivity contribution in [3.63, 3.8) is 0 Å². The van der Waals surface area contributed by atoms with Crippen molar-refractivity contribution in [2.75, 3.05) is 12.3 Å². The predicted molar refractivity (Wildman–Crippen MR) is 85.2 cm³/mol. The molecule has 0 bridgehead atoms. The molecule has 0 spiro atoms. The summed E-state index contributed by atoms with van der Waals surface area (Å²) in [7, 11) is 0. The number of benzene rings is 1. The minimum atomic E-state index is -1.20. The largest absolute Gasteiger partial charge is 0.396 e. The number of hydrogen-bond donors (Lipinski definition) is 2. The lowest BCUT2D eigenvalue weighted by atomic mass is 10.1. The van der Waals surface area contributed by atoms with Crippen molar-refractivity contribution in [1.82, 2.24) is 9.96 Å². The Morgan fingerprint density at radius 3 is 2.75 bits per heavy atom. The van der Waals surface area contributed by atoms with Crippen LogP contribution in [0.15, 0.2) is 28.1 Å². The van der Waals surface area contributed by atoms with Gasteiger partial charge in [0.15, 0.2) is 12.0 Å². The van der Waals surface area contributed by atoms with Crippen molar-refractivity contribution < 1.29 is 23.6 Å². The quantitative estimate of drug-likeness (QED) is 0.580. The molecule has 3 rings (SSSR count). The molecule has 0 radical (unpaired) electrons. The van der Waals surface area contributed by atoms with Crippen LogP contribution in [0.5, 0.6) is 0 Å². The number of thiophene rings is 1. The highest BCUT2D eigenvalue weighted by Crippen LogP contribution is 2.36. The molecule has 1 aliphatic heterocycles. The average Bonchev–Trinajstić information content (AvgIpc) is 3.07. The standard InChI is InChI=1S/C14H10BrF2N3O3S/c15-6-3-9(24-5-6)13-19(4-10(21)20(13)23)14(22)11-7(16)1-2-8(18)12(11)17/h1-3,5,13,23H,4,18H2. The lowest BCUT2D eigenvalue weighted by Gasteiger charge is -2.25. The van der Waals surface area contributed by atoms with Crippen LogP contribution in [-0.2, 0) is 4.79 Å². The first-order valence-electron chi connectivity index (χ1n) is 6.60. The van der Waals surface area contributed by atoms with Gasteiger partial charge in [-0.25, -0.2) is 8.78 Å². The van der Waals surface area contributed by atoms with Gasteiger partial charge in [0, 0.05) is 9.85 Å². The number of nitrogen functional groups attached to an aromatic ring is 1. The van der Waals surface area contributed by atoms with E-state index in [0.717, 1.165) is 17.0 Å². The third-order valence-corrected chi connectivity index (χ3v) is 5.26. The topological polar surface area (TPSA) is 86.9 Å². The number of hydroxylamine groups is 2. The van der Waals surface area contributed by atoms with Gasteiger partial charge in [0.2, 0.25) is 0 Å². The molecular formula is C14H10BrF2N3O3S. The van der Waals surface area contributed by atoms with Crippen LogP contribution in [0.25, 0.3) is 0 Å². The van der Waals surface area contributed by atoms with Crippen molar-refractivity contribution in [2.45, 2.75) is 6.17 Å². The molecule has 6 nitrogen and oxygen atoms in total. The zero-order valence-electron chi connectivity index (χ0n) is 11.9. The van der Waals surface area contributed by atoms with Crippen molar-refractivity contribution in [3.8, 4) is 0 Å². The fraction of sp³-hybridized carbons (Fsp3) is 0.143. The maximum Gasteiger partial charge on any atom is 0.268 e. The number of nitrogens with two attached hydrogens (primary N) is 1. The Morgan fingerprint density at radius 2 is 2.12 bits per heavy atom. The number of hydrogen-bond acceptors (Lipinski definition) is 5. The number of anilines is 1. The molecule has 0 saturated carbocycles. The van der Waals surface area contributed by atoms with E-state index in [2.05, 4.69) is 15.9 Å². The summed E-state index contributed by atoms with van der Waals surface area (Å²) in [6.07, 6.45) is -1.17. The highest BCUT2D eigenvalue weighted by Gasteiger charge is 2.43. The van der Waals surface area contributed by atoms with Gasteiger partial charge in [-0.2, -0.15) is 5.06 Å². The van der Waals surface area contributed by atoms with Crippen molar-refractivity contribution in [1.29, 1.82) is 0 Å². The van der Waals surface area contributed by atoms with Gasteiger partial charge >= 0.3 is 0 Å². The first kappa shape index (κ1) is 16.8. The minimum absolute atomic E-state index is 0.373. The molecule has 1 fully saturated rings. The third kappa shape index (κ3) is 2.66. The van der Waals surface area contributed by atoms with E-state index in [0.29, 0.717) is 14.4 Å². The van der Waals surface area contributed by atoms with Crippen LogP contribution in [0.3, 0.4) is 0 Å². The van der Waals surface area contributed by atoms with E-state index < -0.39 is 41.7 Å². The second-order valence-electron chi connectivity index (χ2n) is 5.04. The second-order valence-corrected chi connectivity index (χ2v) is 6.90. The Kier molecular flexibility index (Phi) is 4.28. The number of rotatable bonds is 2. The van der Waals surface area contributed by atoms with Crippen LogP contribution < -0.4 is 5.73 Å². The van der Waals surface area contributed by atoms with Crippen LogP contribution in [0, 0.1) is 11.6 Å². The van der Waals surface area contributed by atoms with Crippen LogP contribution in [-0.4, -0.2) is 33.5 Å². The molecule has 1 atom stereocenters. The zero-order chi connectivity index (χ0) is 17.6. The molecule has 10 heteroatoms. The molecule has 1 unspecified atom stereocenters. The van der Waals surface area contributed by atoms with Gasteiger partial charge in [-0.1, -0.05) is 0 Å². The van der Waals surface area contributed by atoms with Gasteiger partial charge in [0.25, 0.3) is 11.8 Å². The lowest BCUT2D eigenvalue weighted by molar-refractivity contribution is -0.168. The van der Waals surface area contributed by atoms with Gasteiger partial charge < -0.3 is 10.6 Å². The molecule has 3 N–H and O–H groups in total. The zero-order valence-corrected chi connectivity index (χ0v) is 14.3. The van der Waals surface area contributed by atoms with Gasteiger partial charge in [0.1, 0.15) is 17.9 Å². The Balaban J connectivity index is 2.05. The molecule has 24 heavy (non-hydrogen) atoms. The summed E-state index contributed by atoms with van der Waals surface area (Å²) in [5, 5.41) is 12.0. The maximum absolute atomic E-state index is 14.1. The van der Waals surface area contributed by atoms with E-state index in [4.69, 9.17) is 5.73 Å². The van der Waals surface area contributed by atoms with E-state index in [1.165, 1.54) is 11.3 Å². The molecule has 2 aromatic rings. The van der Waals surface area contributed by atoms with Crippen molar-refractivity contribution in [3.05, 3.63) is 50.1 Å². The van der Waals surface area contributed by atoms with Crippen LogP contribution in [0.1, 0.15) is 21.4 Å². The van der Waals surface area contributed by atoms with Crippen LogP contribution in [0.2, 0.25) is 0 Å². The van der Waals surface area contributed by atoms with Gasteiger partial charge in [-0.3, -0.25) is 14.8 Å². The Morgan fingerprint density at radius 1 is 1.42 bits per heavy atom. The fourth-order valence-electron chi connectivity index (χ4n) is 2.40. The van der Waals surface area contributed by atoms with E-state index >= 15 is 0 Å². The first-order valence-corrected chi connectivity index (χ1v) is 8.28. The first-order chi connectivity index (χ1) is 11.3. The molecule has 1 aromatic heterocycles. The normalized spacial score (nSPS) is 17.7. The number of amides is 2. The highest BCUT2D eigenvalue weighted by atomic mass is 79.9. The van der Waals surface area contributed by atoms with E-state index in [9.17, 15) is 23.6 Å². The second kappa shape index (κ2) is 6.11. The summed E-state index contributed by atoms with van der Waals surface area (Å²) in [5.74, 6) is -4.13. The Hall–Kier alpha value is -2.04. The fourth-order valence-corrected chi connectivity index (χ4v) is 3.94. The minimum Gasteiger partial charge on any atom is -0.396 e. The van der Waals surface area contributed by atoms with Gasteiger partial charge in [-0.05, 0) is 34.1 Å². The molecule has 2 amide bonds. The van der Waals surface area contributed by atoms with Gasteiger partial charge in [0.05, 0.1) is 10.6 Å². The van der Waals surface area contributed by atoms with Crippen molar-refractivity contribution >= 4 is 44.8 Å². The predicted octanol–water partition coefficient (Wildman–Crippen LogP) is 2.74. The maximum atomic E-state index is 14.1. The monoisotopic (exact) mass is 417 g/mol. The highest BCUT2D eigenvalue weighted by molar-refractivity contribution is 9.10. The molecule has 1 aromatic carbocycles. The number of carbonyl (C=O) groups is 2. The molecule has 1 saturated heterocycles. The molecule has 126 valence electrons. The van der Waals surface area contributed by atoms with Gasteiger partial charge in [-0.15, -0.1) is 11.3 Å². The summed E-state index contributed by atoms with van der Waals surface area (Å²) in [6, 6.07) is 3.48. The summed E-state index contributed by atoms with van der Waals surface area (Å²) < 4.78 is 28.8. The summed E-state index contributed by atoms with van der Waals surface area (Å²) >= 11 is 4.41. The number of halogens is 3. The van der Waals surface area contributed by atoms with Crippen LogP contribution >= 0.6 is 27.3 Å². The molecule has 2 heterocycles. The van der Waals surface area contributed by atoms with E-state index in [-0.39, 0.29) is 5.69 Å². The lowest BCUT2D eigenvalue weighted by Crippen LogP contribution is -2.35. The van der Waals surface area contributed by atoms with E-state index in [1.807, 2.05) is 0 Å². The Labute approximate surface area is 147 Å². The number of nitrogens with zero attached hydrogens (tertiary/aromatic N) is 2. The van der Waals surface area contributed by atoms with Crippen molar-refractivity contribution in [2.24, 2.45) is 0 Å². The van der Waals surface area contributed by atoms with Crippen LogP contribution in [0.4, 0.5) is 14.5 Å². The summed E-state index contributed by atoms with van der Waals surface area (Å²) in [6.45, 7) is -0.511. The smallest absolute Gasteiger partial charge is 0.268 e. The van der Waals surface area contributed by atoms with E-state index in [1.54, 1.807) is 11.4 Å². The Bertz CT molecular complexity index is 845. The summed E-state index contributed by atoms with van der Waals surface area (Å²) in [5.41, 5.74) is 4.14. The SMILES string of the molecule is Nc1ccc(F)c(C(=O)N2CC(=O)N(O)C2c2cc(Br)cs2)c1F. The summed E-state index contributed by atoms with van der Waals surface area (Å²) in [4.78, 5) is 25.8. The molecule has 0 aliphatic carbocycles. The third-order valence-electron chi connectivity index (χ3n) is 3.53. The molecular weight excluding hydrogens is 408 g/mol. The molecule has 1 aliphatic rings.